The lowest BCUT2D eigenvalue weighted by atomic mass is 9.77. The third kappa shape index (κ3) is 4.06. The number of carbonyl (C=O) groups is 1. The van der Waals surface area contributed by atoms with Crippen LogP contribution in [0, 0.1) is 12.3 Å². The predicted octanol–water partition coefficient (Wildman–Crippen LogP) is 2.81. The molecule has 4 heteroatoms. The van der Waals surface area contributed by atoms with Crippen LogP contribution in [-0.2, 0) is 11.3 Å². The second kappa shape index (κ2) is 7.46. The summed E-state index contributed by atoms with van der Waals surface area (Å²) < 4.78 is 0. The summed E-state index contributed by atoms with van der Waals surface area (Å²) in [6.07, 6.45) is 3.41. The number of piperidine rings is 1. The minimum atomic E-state index is 0.0327. The Hall–Kier alpha value is -1.39. The average molecular weight is 344 g/mol. The topological polar surface area (TPSA) is 35.6 Å². The molecule has 0 saturated carbocycles. The molecule has 2 fully saturated rings. The number of amides is 1. The van der Waals surface area contributed by atoms with E-state index in [0.29, 0.717) is 17.9 Å². The first-order valence-electron chi connectivity index (χ1n) is 9.67. The van der Waals surface area contributed by atoms with Crippen molar-refractivity contribution in [2.75, 3.05) is 26.7 Å². The first-order valence-corrected chi connectivity index (χ1v) is 9.67. The van der Waals surface area contributed by atoms with E-state index < -0.39 is 0 Å². The molecule has 4 nitrogen and oxygen atoms in total. The number of hydrogen-bond acceptors (Lipinski definition) is 3. The van der Waals surface area contributed by atoms with Gasteiger partial charge in [0.25, 0.3) is 0 Å². The largest absolute Gasteiger partial charge is 0.335 e. The van der Waals surface area contributed by atoms with Crippen molar-refractivity contribution >= 4 is 5.91 Å². The number of rotatable bonds is 4. The number of nitrogens with zero attached hydrogens (tertiary/aromatic N) is 2. The van der Waals surface area contributed by atoms with Crippen LogP contribution in [0.3, 0.4) is 0 Å². The highest BCUT2D eigenvalue weighted by atomic mass is 16.2. The average Bonchev–Trinajstić information content (AvgIpc) is 2.88. The number of hydrogen-bond donors (Lipinski definition) is 1. The van der Waals surface area contributed by atoms with Gasteiger partial charge in [-0.2, -0.15) is 0 Å². The molecule has 0 bridgehead atoms. The fourth-order valence-corrected chi connectivity index (χ4v) is 4.58. The molecule has 2 aliphatic rings. The monoisotopic (exact) mass is 343 g/mol. The van der Waals surface area contributed by atoms with Crippen LogP contribution in [0.1, 0.15) is 44.2 Å². The molecule has 2 heterocycles. The Morgan fingerprint density at radius 2 is 2.08 bits per heavy atom. The van der Waals surface area contributed by atoms with Crippen molar-refractivity contribution in [3.63, 3.8) is 0 Å². The third-order valence-electron chi connectivity index (χ3n) is 6.03. The molecule has 0 aromatic heterocycles. The van der Waals surface area contributed by atoms with Crippen molar-refractivity contribution in [2.45, 2.75) is 58.7 Å². The van der Waals surface area contributed by atoms with E-state index in [9.17, 15) is 4.79 Å². The van der Waals surface area contributed by atoms with E-state index in [2.05, 4.69) is 67.2 Å². The zero-order valence-corrected chi connectivity index (χ0v) is 16.2. The van der Waals surface area contributed by atoms with Gasteiger partial charge in [-0.05, 0) is 71.1 Å². The molecule has 1 N–H and O–H groups in total. The summed E-state index contributed by atoms with van der Waals surface area (Å²) in [5.41, 5.74) is 2.81. The molecule has 1 aromatic rings. The van der Waals surface area contributed by atoms with Crippen LogP contribution in [0.15, 0.2) is 24.3 Å². The Morgan fingerprint density at radius 1 is 1.36 bits per heavy atom. The number of likely N-dealkylation sites (N-methyl/N-ethyl adjacent to an activating group) is 1. The number of nitrogens with one attached hydrogen (secondary N) is 1. The molecular formula is C21H33N3O. The van der Waals surface area contributed by atoms with Crippen LogP contribution < -0.4 is 5.32 Å². The highest BCUT2D eigenvalue weighted by molar-refractivity contribution is 5.82. The van der Waals surface area contributed by atoms with E-state index >= 15 is 0 Å². The number of benzene rings is 1. The summed E-state index contributed by atoms with van der Waals surface area (Å²) in [5.74, 6) is 0.300. The van der Waals surface area contributed by atoms with E-state index in [1.54, 1.807) is 0 Å². The zero-order valence-electron chi connectivity index (χ0n) is 16.2. The van der Waals surface area contributed by atoms with Crippen LogP contribution in [0.2, 0.25) is 0 Å². The Labute approximate surface area is 152 Å². The van der Waals surface area contributed by atoms with Gasteiger partial charge in [0.1, 0.15) is 0 Å². The first kappa shape index (κ1) is 18.4. The quantitative estimate of drug-likeness (QED) is 0.913. The van der Waals surface area contributed by atoms with Gasteiger partial charge < -0.3 is 10.2 Å². The van der Waals surface area contributed by atoms with E-state index in [4.69, 9.17) is 0 Å². The summed E-state index contributed by atoms with van der Waals surface area (Å²) in [5, 5.41) is 3.46. The van der Waals surface area contributed by atoms with Gasteiger partial charge in [-0.15, -0.1) is 0 Å². The molecule has 0 aliphatic carbocycles. The highest BCUT2D eigenvalue weighted by Crippen LogP contribution is 2.41. The van der Waals surface area contributed by atoms with Gasteiger partial charge in [0.05, 0.1) is 6.04 Å². The normalized spacial score (nSPS) is 23.3. The Kier molecular flexibility index (Phi) is 5.49. The summed E-state index contributed by atoms with van der Waals surface area (Å²) >= 11 is 0. The zero-order chi connectivity index (χ0) is 18.0. The Bertz CT molecular complexity index is 607. The standard InChI is InChI=1S/C21H33N3O/c1-16(2)24(14-18-7-5-6-17(3)12-18)20(25)19-13-21(15-23(19)4)8-10-22-11-9-21/h5-7,12,16,19,22H,8-11,13-15H2,1-4H3/t19-/m0/s1. The number of likely N-dealkylation sites (tertiary alicyclic amines) is 1. The second-order valence-corrected chi connectivity index (χ2v) is 8.43. The van der Waals surface area contributed by atoms with Crippen molar-refractivity contribution in [1.82, 2.24) is 15.1 Å². The van der Waals surface area contributed by atoms with Crippen LogP contribution >= 0.6 is 0 Å². The van der Waals surface area contributed by atoms with Gasteiger partial charge in [-0.3, -0.25) is 9.69 Å². The minimum absolute atomic E-state index is 0.0327. The molecule has 2 saturated heterocycles. The summed E-state index contributed by atoms with van der Waals surface area (Å²) in [7, 11) is 2.13. The van der Waals surface area contributed by atoms with E-state index in [1.165, 1.54) is 24.0 Å². The first-order chi connectivity index (χ1) is 11.9. The van der Waals surface area contributed by atoms with Crippen molar-refractivity contribution in [3.05, 3.63) is 35.4 Å². The van der Waals surface area contributed by atoms with Crippen LogP contribution in [0.25, 0.3) is 0 Å². The second-order valence-electron chi connectivity index (χ2n) is 8.43. The third-order valence-corrected chi connectivity index (χ3v) is 6.03. The lowest BCUT2D eigenvalue weighted by Gasteiger charge is -2.34. The number of carbonyl (C=O) groups excluding carboxylic acids is 1. The molecular weight excluding hydrogens is 310 g/mol. The van der Waals surface area contributed by atoms with Crippen LogP contribution in [0.5, 0.6) is 0 Å². The maximum Gasteiger partial charge on any atom is 0.240 e. The lowest BCUT2D eigenvalue weighted by Crippen LogP contribution is -2.46. The molecule has 0 radical (unpaired) electrons. The molecule has 25 heavy (non-hydrogen) atoms. The fourth-order valence-electron chi connectivity index (χ4n) is 4.58. The van der Waals surface area contributed by atoms with Crippen molar-refractivity contribution < 1.29 is 4.79 Å². The van der Waals surface area contributed by atoms with Gasteiger partial charge >= 0.3 is 0 Å². The lowest BCUT2D eigenvalue weighted by molar-refractivity contribution is -0.138. The Balaban J connectivity index is 1.74. The smallest absolute Gasteiger partial charge is 0.240 e. The van der Waals surface area contributed by atoms with Gasteiger partial charge in [0.2, 0.25) is 5.91 Å². The number of aryl methyl sites for hydroxylation is 1. The van der Waals surface area contributed by atoms with E-state index in [0.717, 1.165) is 26.1 Å². The van der Waals surface area contributed by atoms with Gasteiger partial charge in [-0.1, -0.05) is 29.8 Å². The molecule has 2 aliphatic heterocycles. The molecule has 1 atom stereocenters. The molecule has 138 valence electrons. The van der Waals surface area contributed by atoms with E-state index in [-0.39, 0.29) is 12.1 Å². The maximum absolute atomic E-state index is 13.4. The summed E-state index contributed by atoms with van der Waals surface area (Å²) in [6.45, 7) is 10.3. The highest BCUT2D eigenvalue weighted by Gasteiger charge is 2.46. The van der Waals surface area contributed by atoms with Crippen LogP contribution in [-0.4, -0.2) is 54.5 Å². The molecule has 1 spiro atoms. The predicted molar refractivity (Wildman–Crippen MR) is 102 cm³/mol. The molecule has 1 aromatic carbocycles. The van der Waals surface area contributed by atoms with Crippen LogP contribution in [0.4, 0.5) is 0 Å². The SMILES string of the molecule is Cc1cccc(CN(C(=O)[C@@H]2CC3(CCNCC3)CN2C)C(C)C)c1. The molecule has 3 rings (SSSR count). The van der Waals surface area contributed by atoms with Gasteiger partial charge in [0.15, 0.2) is 0 Å². The summed E-state index contributed by atoms with van der Waals surface area (Å²) in [4.78, 5) is 17.8. The fraction of sp³-hybridized carbons (Fsp3) is 0.667. The maximum atomic E-state index is 13.4. The van der Waals surface area contributed by atoms with E-state index in [1.807, 2.05) is 0 Å². The van der Waals surface area contributed by atoms with Crippen molar-refractivity contribution in [2.24, 2.45) is 5.41 Å². The Morgan fingerprint density at radius 3 is 2.72 bits per heavy atom. The van der Waals surface area contributed by atoms with Crippen molar-refractivity contribution in [1.29, 1.82) is 0 Å². The molecule has 1 amide bonds. The molecule has 0 unspecified atom stereocenters. The minimum Gasteiger partial charge on any atom is -0.335 e. The van der Waals surface area contributed by atoms with Gasteiger partial charge in [0, 0.05) is 19.1 Å². The van der Waals surface area contributed by atoms with Crippen molar-refractivity contribution in [3.8, 4) is 0 Å². The van der Waals surface area contributed by atoms with Gasteiger partial charge in [-0.25, -0.2) is 0 Å². The summed E-state index contributed by atoms with van der Waals surface area (Å²) in [6, 6.07) is 8.75.